The molecule has 0 atom stereocenters. The quantitative estimate of drug-likeness (QED) is 0.813. The molecule has 6 heteroatoms. The van der Waals surface area contributed by atoms with E-state index in [9.17, 15) is 4.79 Å². The lowest BCUT2D eigenvalue weighted by Gasteiger charge is -2.29. The number of hydrogen-bond acceptors (Lipinski definition) is 5. The second kappa shape index (κ2) is 9.48. The van der Waals surface area contributed by atoms with Gasteiger partial charge in [0.15, 0.2) is 0 Å². The molecule has 1 aromatic carbocycles. The van der Waals surface area contributed by atoms with E-state index in [-0.39, 0.29) is 12.0 Å². The van der Waals surface area contributed by atoms with Gasteiger partial charge in [0.2, 0.25) is 0 Å². The molecule has 144 valence electrons. The molecular weight excluding hydrogens is 342 g/mol. The number of anilines is 1. The Morgan fingerprint density at radius 3 is 2.59 bits per heavy atom. The van der Waals surface area contributed by atoms with Crippen LogP contribution in [0.2, 0.25) is 0 Å². The summed E-state index contributed by atoms with van der Waals surface area (Å²) < 4.78 is 11.0. The maximum absolute atomic E-state index is 12.7. The summed E-state index contributed by atoms with van der Waals surface area (Å²) in [5.74, 6) is 0.608. The number of ether oxygens (including phenoxy) is 2. The fourth-order valence-electron chi connectivity index (χ4n) is 2.90. The average Bonchev–Trinajstić information content (AvgIpc) is 2.72. The van der Waals surface area contributed by atoms with E-state index >= 15 is 0 Å². The Balaban J connectivity index is 1.59. The number of aromatic nitrogens is 1. The van der Waals surface area contributed by atoms with Crippen LogP contribution in [-0.4, -0.2) is 43.3 Å². The van der Waals surface area contributed by atoms with Crippen LogP contribution in [0.3, 0.4) is 0 Å². The minimum absolute atomic E-state index is 0.114. The first-order valence-electron chi connectivity index (χ1n) is 9.39. The number of nitrogens with zero attached hydrogens (tertiary/aromatic N) is 2. The number of morpholine rings is 1. The molecule has 27 heavy (non-hydrogen) atoms. The molecule has 0 bridgehead atoms. The van der Waals surface area contributed by atoms with Gasteiger partial charge >= 0.3 is 0 Å². The molecular formula is C21H27N3O3. The highest BCUT2D eigenvalue weighted by Gasteiger charge is 2.19. The van der Waals surface area contributed by atoms with E-state index in [4.69, 9.17) is 9.47 Å². The third-order valence-electron chi connectivity index (χ3n) is 4.40. The van der Waals surface area contributed by atoms with Gasteiger partial charge in [0.25, 0.3) is 5.91 Å². The Morgan fingerprint density at radius 1 is 1.19 bits per heavy atom. The van der Waals surface area contributed by atoms with Crippen molar-refractivity contribution in [2.24, 2.45) is 0 Å². The molecule has 1 N–H and O–H groups in total. The minimum Gasteiger partial charge on any atom is -0.378 e. The van der Waals surface area contributed by atoms with Gasteiger partial charge in [-0.25, -0.2) is 4.98 Å². The van der Waals surface area contributed by atoms with Crippen molar-refractivity contribution in [3.05, 3.63) is 59.3 Å². The molecule has 0 spiro atoms. The van der Waals surface area contributed by atoms with E-state index in [1.807, 2.05) is 44.2 Å². The van der Waals surface area contributed by atoms with Crippen molar-refractivity contribution < 1.29 is 14.3 Å². The number of pyridine rings is 1. The van der Waals surface area contributed by atoms with Crippen LogP contribution >= 0.6 is 0 Å². The highest BCUT2D eigenvalue weighted by atomic mass is 16.5. The van der Waals surface area contributed by atoms with E-state index in [1.165, 1.54) is 0 Å². The number of amides is 1. The van der Waals surface area contributed by atoms with E-state index in [1.54, 1.807) is 12.3 Å². The summed E-state index contributed by atoms with van der Waals surface area (Å²) >= 11 is 0. The lowest BCUT2D eigenvalue weighted by molar-refractivity contribution is 0.0657. The van der Waals surface area contributed by atoms with Gasteiger partial charge in [-0.15, -0.1) is 0 Å². The largest absolute Gasteiger partial charge is 0.378 e. The van der Waals surface area contributed by atoms with Gasteiger partial charge in [0, 0.05) is 25.8 Å². The van der Waals surface area contributed by atoms with E-state index < -0.39 is 0 Å². The zero-order chi connectivity index (χ0) is 19.1. The van der Waals surface area contributed by atoms with Crippen molar-refractivity contribution in [2.45, 2.75) is 33.1 Å². The molecule has 0 radical (unpaired) electrons. The lowest BCUT2D eigenvalue weighted by atomic mass is 10.1. The summed E-state index contributed by atoms with van der Waals surface area (Å²) in [7, 11) is 0. The van der Waals surface area contributed by atoms with Crippen LogP contribution < -0.4 is 10.2 Å². The second-order valence-corrected chi connectivity index (χ2v) is 6.83. The zero-order valence-electron chi connectivity index (χ0n) is 16.0. The van der Waals surface area contributed by atoms with E-state index in [0.717, 1.165) is 30.0 Å². The van der Waals surface area contributed by atoms with Crippen LogP contribution in [0.5, 0.6) is 0 Å². The van der Waals surface area contributed by atoms with Gasteiger partial charge in [-0.3, -0.25) is 4.79 Å². The number of rotatable bonds is 7. The number of nitrogens with one attached hydrogen (secondary N) is 1. The normalized spacial score (nSPS) is 14.4. The predicted octanol–water partition coefficient (Wildman–Crippen LogP) is 2.77. The smallest absolute Gasteiger partial charge is 0.255 e. The molecule has 0 aliphatic carbocycles. The number of benzene rings is 1. The van der Waals surface area contributed by atoms with Crippen molar-refractivity contribution in [3.8, 4) is 0 Å². The van der Waals surface area contributed by atoms with Crippen molar-refractivity contribution in [1.29, 1.82) is 0 Å². The topological polar surface area (TPSA) is 63.7 Å². The van der Waals surface area contributed by atoms with Crippen LogP contribution in [0, 0.1) is 0 Å². The molecule has 1 amide bonds. The molecule has 1 aliphatic rings. The molecule has 3 rings (SSSR count). The molecule has 6 nitrogen and oxygen atoms in total. The molecule has 1 aromatic heterocycles. The Bertz CT molecular complexity index is 741. The molecule has 1 fully saturated rings. The summed E-state index contributed by atoms with van der Waals surface area (Å²) in [6.45, 7) is 7.93. The second-order valence-electron chi connectivity index (χ2n) is 6.83. The Hall–Kier alpha value is -2.44. The standard InChI is InChI=1S/C21H27N3O3/c1-16(2)27-15-18-7-5-17(6-8-18)14-23-21(25)19-4-3-9-22-20(19)24-10-12-26-13-11-24/h3-9,16H,10-15H2,1-2H3,(H,23,25). The summed E-state index contributed by atoms with van der Waals surface area (Å²) in [6.07, 6.45) is 1.93. The lowest BCUT2D eigenvalue weighted by Crippen LogP contribution is -2.38. The van der Waals surface area contributed by atoms with Crippen molar-refractivity contribution in [3.63, 3.8) is 0 Å². The highest BCUT2D eigenvalue weighted by Crippen LogP contribution is 2.18. The summed E-state index contributed by atoms with van der Waals surface area (Å²) in [4.78, 5) is 19.2. The van der Waals surface area contributed by atoms with Crippen LogP contribution in [0.25, 0.3) is 0 Å². The third-order valence-corrected chi connectivity index (χ3v) is 4.40. The first-order chi connectivity index (χ1) is 13.1. The molecule has 2 aromatic rings. The number of carbonyl (C=O) groups excluding carboxylic acids is 1. The third kappa shape index (κ3) is 5.52. The first kappa shape index (κ1) is 19.3. The van der Waals surface area contributed by atoms with Gasteiger partial charge in [-0.1, -0.05) is 24.3 Å². The van der Waals surface area contributed by atoms with E-state index in [0.29, 0.717) is 31.9 Å². The molecule has 0 saturated carbocycles. The van der Waals surface area contributed by atoms with Crippen molar-refractivity contribution in [1.82, 2.24) is 10.3 Å². The van der Waals surface area contributed by atoms with Gasteiger partial charge in [0.1, 0.15) is 5.82 Å². The Labute approximate surface area is 160 Å². The maximum atomic E-state index is 12.7. The van der Waals surface area contributed by atoms with Crippen molar-refractivity contribution >= 4 is 11.7 Å². The fourth-order valence-corrected chi connectivity index (χ4v) is 2.90. The van der Waals surface area contributed by atoms with Gasteiger partial charge in [-0.05, 0) is 37.1 Å². The van der Waals surface area contributed by atoms with E-state index in [2.05, 4.69) is 15.2 Å². The maximum Gasteiger partial charge on any atom is 0.255 e. The SMILES string of the molecule is CC(C)OCc1ccc(CNC(=O)c2cccnc2N2CCOCC2)cc1. The highest BCUT2D eigenvalue weighted by molar-refractivity contribution is 5.98. The zero-order valence-corrected chi connectivity index (χ0v) is 16.0. The molecule has 0 unspecified atom stereocenters. The van der Waals surface area contributed by atoms with Gasteiger partial charge < -0.3 is 19.7 Å². The molecule has 1 saturated heterocycles. The van der Waals surface area contributed by atoms with Crippen LogP contribution in [0.4, 0.5) is 5.82 Å². The van der Waals surface area contributed by atoms with Crippen molar-refractivity contribution in [2.75, 3.05) is 31.2 Å². The average molecular weight is 369 g/mol. The summed E-state index contributed by atoms with van der Waals surface area (Å²) in [5.41, 5.74) is 2.77. The van der Waals surface area contributed by atoms with Crippen LogP contribution in [0.15, 0.2) is 42.6 Å². The Kier molecular flexibility index (Phi) is 6.79. The minimum atomic E-state index is -0.114. The van der Waals surface area contributed by atoms with Gasteiger partial charge in [0.05, 0.1) is 31.5 Å². The first-order valence-corrected chi connectivity index (χ1v) is 9.39. The van der Waals surface area contributed by atoms with Gasteiger partial charge in [-0.2, -0.15) is 0 Å². The monoisotopic (exact) mass is 369 g/mol. The predicted molar refractivity (Wildman–Crippen MR) is 105 cm³/mol. The summed E-state index contributed by atoms with van der Waals surface area (Å²) in [5, 5.41) is 3.00. The number of hydrogen-bond donors (Lipinski definition) is 1. The van der Waals surface area contributed by atoms with Crippen LogP contribution in [0.1, 0.15) is 35.3 Å². The number of carbonyl (C=O) groups is 1. The fraction of sp³-hybridized carbons (Fsp3) is 0.429. The van der Waals surface area contributed by atoms with Crippen LogP contribution in [-0.2, 0) is 22.6 Å². The molecule has 1 aliphatic heterocycles. The molecule has 2 heterocycles. The summed E-state index contributed by atoms with van der Waals surface area (Å²) in [6, 6.07) is 11.7. The Morgan fingerprint density at radius 2 is 1.89 bits per heavy atom.